The van der Waals surface area contributed by atoms with Gasteiger partial charge in [-0.1, -0.05) is 23.7 Å². The number of benzene rings is 2. The molecule has 1 nitrogen and oxygen atoms in total. The fraction of sp³-hybridized carbons (Fsp3) is 0.143. The zero-order valence-corrected chi connectivity index (χ0v) is 10.8. The van der Waals surface area contributed by atoms with Crippen molar-refractivity contribution in [3.63, 3.8) is 0 Å². The van der Waals surface area contributed by atoms with E-state index in [0.29, 0.717) is 11.1 Å². The van der Waals surface area contributed by atoms with E-state index in [1.54, 1.807) is 0 Å². The van der Waals surface area contributed by atoms with E-state index in [-0.39, 0.29) is 10.6 Å². The van der Waals surface area contributed by atoms with Crippen molar-refractivity contribution in [1.82, 2.24) is 0 Å². The van der Waals surface area contributed by atoms with Crippen LogP contribution in [0.25, 0.3) is 11.1 Å². The summed E-state index contributed by atoms with van der Waals surface area (Å²) in [7, 11) is 0. The van der Waals surface area contributed by atoms with Crippen LogP contribution in [0.15, 0.2) is 36.4 Å². The molecule has 2 rings (SSSR count). The third-order valence-corrected chi connectivity index (χ3v) is 3.12. The summed E-state index contributed by atoms with van der Waals surface area (Å²) in [6.07, 6.45) is -4.48. The molecule has 0 aliphatic rings. The monoisotopic (exact) mass is 304 g/mol. The first-order chi connectivity index (χ1) is 9.32. The molecule has 2 aromatic rings. The lowest BCUT2D eigenvalue weighted by Gasteiger charge is -2.12. The summed E-state index contributed by atoms with van der Waals surface area (Å²) >= 11 is 5.65. The fourth-order valence-electron chi connectivity index (χ4n) is 1.85. The zero-order chi connectivity index (χ0) is 14.9. The number of alkyl halides is 3. The molecule has 1 N–H and O–H groups in total. The quantitative estimate of drug-likeness (QED) is 0.800. The number of hydrogen-bond donors (Lipinski definition) is 1. The van der Waals surface area contributed by atoms with Crippen LogP contribution in [0.3, 0.4) is 0 Å². The highest BCUT2D eigenvalue weighted by Gasteiger charge is 2.31. The molecular formula is C14H9ClF4O. The van der Waals surface area contributed by atoms with Gasteiger partial charge in [0.2, 0.25) is 0 Å². The van der Waals surface area contributed by atoms with Gasteiger partial charge in [-0.3, -0.25) is 0 Å². The Morgan fingerprint density at radius 1 is 1.05 bits per heavy atom. The maximum atomic E-state index is 13.1. The Kier molecular flexibility index (Phi) is 4.01. The highest BCUT2D eigenvalue weighted by Crippen LogP contribution is 2.34. The summed E-state index contributed by atoms with van der Waals surface area (Å²) in [6, 6.07) is 6.83. The van der Waals surface area contributed by atoms with Crippen molar-refractivity contribution in [3.05, 3.63) is 58.4 Å². The van der Waals surface area contributed by atoms with Gasteiger partial charge in [0, 0.05) is 0 Å². The summed E-state index contributed by atoms with van der Waals surface area (Å²) in [4.78, 5) is 0. The molecule has 0 aromatic heterocycles. The highest BCUT2D eigenvalue weighted by molar-refractivity contribution is 6.31. The number of aliphatic hydroxyl groups excluding tert-OH is 1. The number of rotatable bonds is 2. The van der Waals surface area contributed by atoms with E-state index < -0.39 is 24.2 Å². The average molecular weight is 305 g/mol. The summed E-state index contributed by atoms with van der Waals surface area (Å²) in [5.41, 5.74) is 0.0672. The first-order valence-electron chi connectivity index (χ1n) is 5.59. The Hall–Kier alpha value is -1.59. The van der Waals surface area contributed by atoms with Gasteiger partial charge in [0.1, 0.15) is 5.82 Å². The van der Waals surface area contributed by atoms with Gasteiger partial charge in [0.25, 0.3) is 0 Å². The third kappa shape index (κ3) is 2.94. The third-order valence-electron chi connectivity index (χ3n) is 2.83. The van der Waals surface area contributed by atoms with Gasteiger partial charge in [-0.15, -0.1) is 0 Å². The van der Waals surface area contributed by atoms with Crippen LogP contribution < -0.4 is 0 Å². The maximum Gasteiger partial charge on any atom is 0.416 e. The van der Waals surface area contributed by atoms with Crippen LogP contribution in [-0.4, -0.2) is 5.11 Å². The molecule has 0 saturated carbocycles. The van der Waals surface area contributed by atoms with Crippen molar-refractivity contribution in [3.8, 4) is 11.1 Å². The van der Waals surface area contributed by atoms with E-state index in [0.717, 1.165) is 18.2 Å². The van der Waals surface area contributed by atoms with E-state index in [9.17, 15) is 22.7 Å². The minimum Gasteiger partial charge on any atom is -0.392 e. The Morgan fingerprint density at radius 2 is 1.75 bits per heavy atom. The molecule has 0 spiro atoms. The lowest BCUT2D eigenvalue weighted by molar-refractivity contribution is -0.137. The standard InChI is InChI=1S/C14H9ClF4O/c15-12-6-8(1-4-13(12)16)11-3-2-10(14(17,18)19)5-9(11)7-20/h1-6,20H,7H2. The molecule has 0 atom stereocenters. The van der Waals surface area contributed by atoms with Crippen molar-refractivity contribution in [2.75, 3.05) is 0 Å². The number of halogens is 5. The van der Waals surface area contributed by atoms with Crippen molar-refractivity contribution >= 4 is 11.6 Å². The highest BCUT2D eigenvalue weighted by atomic mass is 35.5. The van der Waals surface area contributed by atoms with Crippen molar-refractivity contribution < 1.29 is 22.7 Å². The van der Waals surface area contributed by atoms with Crippen LogP contribution in [0.2, 0.25) is 5.02 Å². The van der Waals surface area contributed by atoms with E-state index in [1.165, 1.54) is 18.2 Å². The Balaban J connectivity index is 2.54. The zero-order valence-electron chi connectivity index (χ0n) is 10.0. The van der Waals surface area contributed by atoms with E-state index in [1.807, 2.05) is 0 Å². The smallest absolute Gasteiger partial charge is 0.392 e. The van der Waals surface area contributed by atoms with Gasteiger partial charge in [-0.05, 0) is 41.0 Å². The Bertz CT molecular complexity index is 638. The SMILES string of the molecule is OCc1cc(C(F)(F)F)ccc1-c1ccc(F)c(Cl)c1. The fourth-order valence-corrected chi connectivity index (χ4v) is 2.03. The predicted molar refractivity (Wildman–Crippen MR) is 67.8 cm³/mol. The van der Waals surface area contributed by atoms with Crippen LogP contribution in [0.5, 0.6) is 0 Å². The molecule has 6 heteroatoms. The van der Waals surface area contributed by atoms with Crippen LogP contribution in [0.1, 0.15) is 11.1 Å². The van der Waals surface area contributed by atoms with Crippen molar-refractivity contribution in [2.45, 2.75) is 12.8 Å². The maximum absolute atomic E-state index is 13.1. The Morgan fingerprint density at radius 3 is 2.30 bits per heavy atom. The van der Waals surface area contributed by atoms with Crippen LogP contribution in [0.4, 0.5) is 17.6 Å². The normalized spacial score (nSPS) is 11.7. The minimum absolute atomic E-state index is 0.0995. The minimum atomic E-state index is -4.48. The van der Waals surface area contributed by atoms with Crippen molar-refractivity contribution in [1.29, 1.82) is 0 Å². The molecule has 106 valence electrons. The summed E-state index contributed by atoms with van der Waals surface area (Å²) in [5.74, 6) is -0.618. The summed E-state index contributed by atoms with van der Waals surface area (Å²) in [6.45, 7) is -0.561. The molecule has 0 saturated heterocycles. The van der Waals surface area contributed by atoms with Gasteiger partial charge < -0.3 is 5.11 Å². The topological polar surface area (TPSA) is 20.2 Å². The second kappa shape index (κ2) is 5.42. The lowest BCUT2D eigenvalue weighted by Crippen LogP contribution is -2.06. The molecule has 2 aromatic carbocycles. The molecule has 0 bridgehead atoms. The number of aliphatic hydroxyl groups is 1. The van der Waals surface area contributed by atoms with Gasteiger partial charge in [-0.25, -0.2) is 4.39 Å². The summed E-state index contributed by atoms with van der Waals surface area (Å²) < 4.78 is 50.9. The van der Waals surface area contributed by atoms with Gasteiger partial charge in [0.15, 0.2) is 0 Å². The van der Waals surface area contributed by atoms with E-state index in [2.05, 4.69) is 0 Å². The van der Waals surface area contributed by atoms with E-state index >= 15 is 0 Å². The van der Waals surface area contributed by atoms with Crippen LogP contribution >= 0.6 is 11.6 Å². The molecular weight excluding hydrogens is 296 g/mol. The largest absolute Gasteiger partial charge is 0.416 e. The van der Waals surface area contributed by atoms with Crippen LogP contribution in [0, 0.1) is 5.82 Å². The van der Waals surface area contributed by atoms with Crippen molar-refractivity contribution in [2.24, 2.45) is 0 Å². The lowest BCUT2D eigenvalue weighted by atomic mass is 9.97. The summed E-state index contributed by atoms with van der Waals surface area (Å²) in [5, 5.41) is 9.09. The Labute approximate surface area is 117 Å². The van der Waals surface area contributed by atoms with Gasteiger partial charge >= 0.3 is 6.18 Å². The molecule has 0 unspecified atom stereocenters. The number of hydrogen-bond acceptors (Lipinski definition) is 1. The molecule has 0 fully saturated rings. The second-order valence-electron chi connectivity index (χ2n) is 4.16. The molecule has 0 aliphatic heterocycles. The second-order valence-corrected chi connectivity index (χ2v) is 4.56. The van der Waals surface area contributed by atoms with Gasteiger partial charge in [0.05, 0.1) is 17.2 Å². The first kappa shape index (κ1) is 14.8. The molecule has 0 aliphatic carbocycles. The predicted octanol–water partition coefficient (Wildman–Crippen LogP) is 4.66. The molecule has 0 radical (unpaired) electrons. The average Bonchev–Trinajstić information content (AvgIpc) is 2.40. The molecule has 0 amide bonds. The van der Waals surface area contributed by atoms with E-state index in [4.69, 9.17) is 11.6 Å². The van der Waals surface area contributed by atoms with Gasteiger partial charge in [-0.2, -0.15) is 13.2 Å². The molecule has 20 heavy (non-hydrogen) atoms. The molecule has 0 heterocycles. The van der Waals surface area contributed by atoms with Crippen LogP contribution in [-0.2, 0) is 12.8 Å². The first-order valence-corrected chi connectivity index (χ1v) is 5.97.